The Morgan fingerprint density at radius 1 is 1.41 bits per heavy atom. The molecule has 0 aliphatic carbocycles. The van der Waals surface area contributed by atoms with E-state index in [1.54, 1.807) is 0 Å². The van der Waals surface area contributed by atoms with Gasteiger partial charge < -0.3 is 20.2 Å². The molecular weight excluding hydrogens is 220 g/mol. The first-order valence-electron chi connectivity index (χ1n) is 6.04. The second-order valence-corrected chi connectivity index (χ2v) is 4.83. The number of amides is 1. The molecular formula is C11H16N4O2. The number of nitrogens with one attached hydrogen (secondary N) is 3. The lowest BCUT2D eigenvalue weighted by Crippen LogP contribution is -2.41. The maximum absolute atomic E-state index is 12.1. The highest BCUT2D eigenvalue weighted by Gasteiger charge is 2.36. The van der Waals surface area contributed by atoms with Gasteiger partial charge in [-0.3, -0.25) is 4.79 Å². The number of hydrogen-bond donors (Lipinski definition) is 3. The van der Waals surface area contributed by atoms with Crippen LogP contribution in [-0.2, 0) is 0 Å². The fourth-order valence-electron chi connectivity index (χ4n) is 2.83. The number of carbonyl (C=O) groups is 1. The number of rotatable bonds is 1. The Kier molecular flexibility index (Phi) is 2.51. The molecule has 1 aromatic rings. The summed E-state index contributed by atoms with van der Waals surface area (Å²) in [4.78, 5) is 29.9. The predicted octanol–water partition coefficient (Wildman–Crippen LogP) is -0.473. The van der Waals surface area contributed by atoms with Gasteiger partial charge in [0, 0.05) is 25.3 Å². The number of aromatic nitrogens is 2. The van der Waals surface area contributed by atoms with Gasteiger partial charge in [0.15, 0.2) is 0 Å². The summed E-state index contributed by atoms with van der Waals surface area (Å²) >= 11 is 0. The minimum Gasteiger partial charge on any atom is -0.335 e. The number of imidazole rings is 1. The number of carbonyl (C=O) groups excluding carboxylic acids is 1. The lowest BCUT2D eigenvalue weighted by atomic mass is 9.94. The zero-order valence-corrected chi connectivity index (χ0v) is 9.53. The third-order valence-electron chi connectivity index (χ3n) is 3.71. The van der Waals surface area contributed by atoms with E-state index in [2.05, 4.69) is 15.3 Å². The molecule has 0 aromatic carbocycles. The number of nitrogens with zero attached hydrogens (tertiary/aromatic N) is 1. The van der Waals surface area contributed by atoms with Crippen molar-refractivity contribution in [3.63, 3.8) is 0 Å². The lowest BCUT2D eigenvalue weighted by Gasteiger charge is -2.24. The van der Waals surface area contributed by atoms with Crippen LogP contribution in [0.2, 0.25) is 0 Å². The van der Waals surface area contributed by atoms with Crippen molar-refractivity contribution in [3.8, 4) is 0 Å². The van der Waals surface area contributed by atoms with E-state index in [-0.39, 0.29) is 11.6 Å². The normalized spacial score (nSPS) is 28.1. The van der Waals surface area contributed by atoms with E-state index in [1.165, 1.54) is 19.0 Å². The molecule has 92 valence electrons. The number of H-pyrrole nitrogens is 2. The molecule has 3 rings (SSSR count). The van der Waals surface area contributed by atoms with Gasteiger partial charge in [0.2, 0.25) is 0 Å². The van der Waals surface area contributed by atoms with Gasteiger partial charge in [-0.1, -0.05) is 0 Å². The van der Waals surface area contributed by atoms with Crippen LogP contribution < -0.4 is 11.0 Å². The summed E-state index contributed by atoms with van der Waals surface area (Å²) in [5.74, 6) is 0.484. The highest BCUT2D eigenvalue weighted by Crippen LogP contribution is 2.25. The molecule has 2 saturated heterocycles. The summed E-state index contributed by atoms with van der Waals surface area (Å²) in [6.07, 6.45) is 3.81. The minimum atomic E-state index is -0.330. The average molecular weight is 236 g/mol. The molecule has 3 N–H and O–H groups in total. The Hall–Kier alpha value is -1.56. The van der Waals surface area contributed by atoms with E-state index in [4.69, 9.17) is 0 Å². The summed E-state index contributed by atoms with van der Waals surface area (Å²) in [6, 6.07) is 0.429. The summed E-state index contributed by atoms with van der Waals surface area (Å²) in [6.45, 7) is 2.59. The van der Waals surface area contributed by atoms with E-state index in [1.807, 2.05) is 4.90 Å². The van der Waals surface area contributed by atoms with Crippen LogP contribution in [0.4, 0.5) is 0 Å². The topological polar surface area (TPSA) is 81.0 Å². The smallest absolute Gasteiger partial charge is 0.323 e. The lowest BCUT2D eigenvalue weighted by molar-refractivity contribution is 0.0780. The van der Waals surface area contributed by atoms with Crippen LogP contribution >= 0.6 is 0 Å². The molecule has 3 heterocycles. The fourth-order valence-corrected chi connectivity index (χ4v) is 2.83. The Morgan fingerprint density at radius 3 is 3.00 bits per heavy atom. The molecule has 2 aliphatic heterocycles. The van der Waals surface area contributed by atoms with Crippen LogP contribution in [-0.4, -0.2) is 46.5 Å². The third kappa shape index (κ3) is 1.88. The van der Waals surface area contributed by atoms with E-state index in [0.29, 0.717) is 17.7 Å². The quantitative estimate of drug-likeness (QED) is 0.616. The molecule has 2 atom stereocenters. The predicted molar refractivity (Wildman–Crippen MR) is 61.8 cm³/mol. The van der Waals surface area contributed by atoms with Gasteiger partial charge in [-0.2, -0.15) is 0 Å². The maximum atomic E-state index is 12.1. The second kappa shape index (κ2) is 4.03. The monoisotopic (exact) mass is 236 g/mol. The first-order chi connectivity index (χ1) is 8.24. The molecule has 0 saturated carbocycles. The largest absolute Gasteiger partial charge is 0.335 e. The molecule has 2 fully saturated rings. The Balaban J connectivity index is 1.73. The van der Waals surface area contributed by atoms with Gasteiger partial charge in [-0.25, -0.2) is 4.79 Å². The van der Waals surface area contributed by atoms with Crippen molar-refractivity contribution in [2.75, 3.05) is 19.6 Å². The van der Waals surface area contributed by atoms with Crippen LogP contribution in [0.15, 0.2) is 11.0 Å². The van der Waals surface area contributed by atoms with Crippen LogP contribution in [0, 0.1) is 5.92 Å². The van der Waals surface area contributed by atoms with Crippen molar-refractivity contribution in [3.05, 3.63) is 22.4 Å². The molecule has 0 unspecified atom stereocenters. The standard InChI is InChI=1S/C11H16N4O2/c16-10(8-4-13-11(17)14-8)15-5-7-2-1-3-12-9(7)6-15/h4,7,9,12H,1-3,5-6H2,(H2,13,14,17)/t7-,9+/m0/s1. The molecule has 0 radical (unpaired) electrons. The van der Waals surface area contributed by atoms with E-state index >= 15 is 0 Å². The van der Waals surface area contributed by atoms with Crippen molar-refractivity contribution < 1.29 is 4.79 Å². The van der Waals surface area contributed by atoms with E-state index < -0.39 is 0 Å². The van der Waals surface area contributed by atoms with Crippen molar-refractivity contribution in [1.82, 2.24) is 20.2 Å². The molecule has 0 bridgehead atoms. The molecule has 17 heavy (non-hydrogen) atoms. The van der Waals surface area contributed by atoms with Gasteiger partial charge in [0.1, 0.15) is 5.69 Å². The SMILES string of the molecule is O=C(c1c[nH]c(=O)[nH]1)N1C[C@@H]2CCCN[C@@H]2C1. The van der Waals surface area contributed by atoms with Gasteiger partial charge in [-0.15, -0.1) is 0 Å². The summed E-state index contributed by atoms with van der Waals surface area (Å²) < 4.78 is 0. The highest BCUT2D eigenvalue weighted by molar-refractivity contribution is 5.92. The summed E-state index contributed by atoms with van der Waals surface area (Å²) in [5.41, 5.74) is 0.0248. The summed E-state index contributed by atoms with van der Waals surface area (Å²) in [5, 5.41) is 3.45. The molecule has 0 spiro atoms. The number of aromatic amines is 2. The number of hydrogen-bond acceptors (Lipinski definition) is 3. The molecule has 1 amide bonds. The average Bonchev–Trinajstić information content (AvgIpc) is 2.93. The molecule has 1 aromatic heterocycles. The van der Waals surface area contributed by atoms with Gasteiger partial charge in [0.05, 0.1) is 0 Å². The van der Waals surface area contributed by atoms with Crippen LogP contribution in [0.5, 0.6) is 0 Å². The Morgan fingerprint density at radius 2 is 2.29 bits per heavy atom. The third-order valence-corrected chi connectivity index (χ3v) is 3.71. The maximum Gasteiger partial charge on any atom is 0.323 e. The number of likely N-dealkylation sites (tertiary alicyclic amines) is 1. The zero-order chi connectivity index (χ0) is 11.8. The molecule has 2 aliphatic rings. The zero-order valence-electron chi connectivity index (χ0n) is 9.53. The van der Waals surface area contributed by atoms with Crippen LogP contribution in [0.3, 0.4) is 0 Å². The molecule has 6 heteroatoms. The summed E-state index contributed by atoms with van der Waals surface area (Å²) in [7, 11) is 0. The molecule has 6 nitrogen and oxygen atoms in total. The van der Waals surface area contributed by atoms with E-state index in [9.17, 15) is 9.59 Å². The fraction of sp³-hybridized carbons (Fsp3) is 0.636. The second-order valence-electron chi connectivity index (χ2n) is 4.83. The van der Waals surface area contributed by atoms with Crippen molar-refractivity contribution in [2.45, 2.75) is 18.9 Å². The highest BCUT2D eigenvalue weighted by atomic mass is 16.2. The Labute approximate surface area is 98.4 Å². The van der Waals surface area contributed by atoms with Crippen LogP contribution in [0.1, 0.15) is 23.3 Å². The minimum absolute atomic E-state index is 0.0837. The van der Waals surface area contributed by atoms with Gasteiger partial charge in [-0.05, 0) is 25.3 Å². The van der Waals surface area contributed by atoms with Crippen molar-refractivity contribution in [1.29, 1.82) is 0 Å². The number of fused-ring (bicyclic) bond motifs is 1. The van der Waals surface area contributed by atoms with Crippen molar-refractivity contribution >= 4 is 5.91 Å². The first kappa shape index (κ1) is 10.6. The Bertz CT molecular complexity index is 464. The van der Waals surface area contributed by atoms with Gasteiger partial charge >= 0.3 is 5.69 Å². The number of piperidine rings is 1. The van der Waals surface area contributed by atoms with Crippen LogP contribution in [0.25, 0.3) is 0 Å². The van der Waals surface area contributed by atoms with Gasteiger partial charge in [0.25, 0.3) is 5.91 Å². The van der Waals surface area contributed by atoms with Crippen molar-refractivity contribution in [2.24, 2.45) is 5.92 Å². The first-order valence-corrected chi connectivity index (χ1v) is 6.04. The van der Waals surface area contributed by atoms with E-state index in [0.717, 1.165) is 19.6 Å².